The van der Waals surface area contributed by atoms with Gasteiger partial charge in [-0.25, -0.2) is 15.0 Å². The first-order chi connectivity index (χ1) is 12.9. The van der Waals surface area contributed by atoms with Crippen LogP contribution in [0.4, 0.5) is 11.8 Å². The van der Waals surface area contributed by atoms with E-state index in [1.165, 1.54) is 12.0 Å². The van der Waals surface area contributed by atoms with E-state index in [0.717, 1.165) is 31.6 Å². The fraction of sp³-hybridized carbons (Fsp3) is 0.300. The maximum absolute atomic E-state index is 4.72. The number of rotatable bonds is 6. The van der Waals surface area contributed by atoms with Crippen molar-refractivity contribution in [2.24, 2.45) is 0 Å². The number of nitrogens with one attached hydrogen (secondary N) is 1. The Hall–Kier alpha value is -2.86. The van der Waals surface area contributed by atoms with Gasteiger partial charge in [0, 0.05) is 25.1 Å². The van der Waals surface area contributed by atoms with Gasteiger partial charge in [0.05, 0.1) is 17.9 Å². The van der Waals surface area contributed by atoms with Crippen molar-refractivity contribution in [1.82, 2.24) is 24.8 Å². The predicted octanol–water partition coefficient (Wildman–Crippen LogP) is 3.39. The summed E-state index contributed by atoms with van der Waals surface area (Å²) in [4.78, 5) is 19.8. The molecule has 3 aromatic rings. The van der Waals surface area contributed by atoms with Gasteiger partial charge in [-0.05, 0) is 37.4 Å². The third-order valence-corrected chi connectivity index (χ3v) is 4.72. The van der Waals surface area contributed by atoms with Gasteiger partial charge in [0.2, 0.25) is 5.95 Å². The molecule has 2 aromatic heterocycles. The number of hydrogen-bond donors (Lipinski definition) is 1. The van der Waals surface area contributed by atoms with Crippen molar-refractivity contribution in [3.05, 3.63) is 72.4 Å². The summed E-state index contributed by atoms with van der Waals surface area (Å²) >= 11 is 0. The monoisotopic (exact) mass is 346 g/mol. The number of aromatic nitrogens is 4. The highest BCUT2D eigenvalue weighted by molar-refractivity contribution is 5.45. The van der Waals surface area contributed by atoms with E-state index < -0.39 is 0 Å². The van der Waals surface area contributed by atoms with Crippen molar-refractivity contribution in [2.45, 2.75) is 25.3 Å². The van der Waals surface area contributed by atoms with Crippen LogP contribution in [0.1, 0.15) is 30.1 Å². The Balaban J connectivity index is 1.44. The third-order valence-electron chi connectivity index (χ3n) is 4.72. The number of nitrogens with zero attached hydrogens (tertiary/aromatic N) is 5. The zero-order valence-corrected chi connectivity index (χ0v) is 14.6. The molecule has 1 N–H and O–H groups in total. The molecule has 1 atom stereocenters. The first kappa shape index (κ1) is 16.6. The molecule has 6 nitrogen and oxygen atoms in total. The summed E-state index contributed by atoms with van der Waals surface area (Å²) in [7, 11) is 0. The molecular weight excluding hydrogens is 324 g/mol. The summed E-state index contributed by atoms with van der Waals surface area (Å²) in [6.07, 6.45) is 10.2. The molecule has 0 aliphatic carbocycles. The van der Waals surface area contributed by atoms with Crippen LogP contribution in [0, 0.1) is 0 Å². The second-order valence-corrected chi connectivity index (χ2v) is 6.45. The van der Waals surface area contributed by atoms with Crippen LogP contribution in [0.5, 0.6) is 0 Å². The van der Waals surface area contributed by atoms with E-state index in [1.807, 2.05) is 12.3 Å². The first-order valence-corrected chi connectivity index (χ1v) is 9.02. The van der Waals surface area contributed by atoms with E-state index >= 15 is 0 Å². The Kier molecular flexibility index (Phi) is 5.12. The van der Waals surface area contributed by atoms with Crippen LogP contribution in [-0.4, -0.2) is 37.9 Å². The van der Waals surface area contributed by atoms with Crippen molar-refractivity contribution in [1.29, 1.82) is 0 Å². The van der Waals surface area contributed by atoms with Crippen molar-refractivity contribution in [2.75, 3.05) is 18.4 Å². The summed E-state index contributed by atoms with van der Waals surface area (Å²) in [6.45, 7) is 2.17. The summed E-state index contributed by atoms with van der Waals surface area (Å²) < 4.78 is 0. The molecule has 1 fully saturated rings. The van der Waals surface area contributed by atoms with Crippen molar-refractivity contribution < 1.29 is 0 Å². The predicted molar refractivity (Wildman–Crippen MR) is 101 cm³/mol. The summed E-state index contributed by atoms with van der Waals surface area (Å²) in [5.41, 5.74) is 2.45. The molecule has 4 rings (SSSR count). The standard InChI is InChI=1S/C20H22N6/c1-2-5-16(6-3-1)9-14-26-13-4-7-18(26)17-8-10-23-20(24-17)25-19-15-21-11-12-22-19/h1-3,5-6,8,10-12,15,18H,4,7,9,13-14H2,(H,22,23,24,25)/t18-/m1/s1. The molecule has 0 amide bonds. The van der Waals surface area contributed by atoms with Crippen LogP contribution in [0.2, 0.25) is 0 Å². The highest BCUT2D eigenvalue weighted by atomic mass is 15.2. The number of anilines is 2. The molecule has 1 saturated heterocycles. The van der Waals surface area contributed by atoms with Gasteiger partial charge in [-0.3, -0.25) is 9.88 Å². The molecule has 1 aliphatic heterocycles. The van der Waals surface area contributed by atoms with Crippen LogP contribution in [-0.2, 0) is 6.42 Å². The molecule has 0 saturated carbocycles. The summed E-state index contributed by atoms with van der Waals surface area (Å²) in [6, 6.07) is 13.0. The van der Waals surface area contributed by atoms with E-state index in [4.69, 9.17) is 4.98 Å². The normalized spacial score (nSPS) is 17.3. The zero-order valence-electron chi connectivity index (χ0n) is 14.6. The number of benzene rings is 1. The minimum absolute atomic E-state index is 0.351. The van der Waals surface area contributed by atoms with Crippen molar-refractivity contribution in [3.8, 4) is 0 Å². The van der Waals surface area contributed by atoms with Gasteiger partial charge in [-0.15, -0.1) is 0 Å². The van der Waals surface area contributed by atoms with Gasteiger partial charge in [-0.2, -0.15) is 0 Å². The molecule has 0 spiro atoms. The average Bonchev–Trinajstić information content (AvgIpc) is 3.17. The first-order valence-electron chi connectivity index (χ1n) is 9.02. The van der Waals surface area contributed by atoms with Crippen molar-refractivity contribution in [3.63, 3.8) is 0 Å². The Labute approximate surface area is 153 Å². The number of likely N-dealkylation sites (tertiary alicyclic amines) is 1. The lowest BCUT2D eigenvalue weighted by Crippen LogP contribution is -2.26. The largest absolute Gasteiger partial charge is 0.307 e. The maximum Gasteiger partial charge on any atom is 0.228 e. The van der Waals surface area contributed by atoms with Gasteiger partial charge >= 0.3 is 0 Å². The lowest BCUT2D eigenvalue weighted by molar-refractivity contribution is 0.256. The smallest absolute Gasteiger partial charge is 0.228 e. The SMILES string of the molecule is c1ccc(CCN2CCC[C@@H]2c2ccnc(Nc3cnccn3)n2)cc1. The number of hydrogen-bond acceptors (Lipinski definition) is 6. The Morgan fingerprint density at radius 1 is 1.04 bits per heavy atom. The van der Waals surface area contributed by atoms with Gasteiger partial charge in [0.25, 0.3) is 0 Å². The van der Waals surface area contributed by atoms with Crippen LogP contribution >= 0.6 is 0 Å². The van der Waals surface area contributed by atoms with E-state index in [1.54, 1.807) is 18.6 Å². The van der Waals surface area contributed by atoms with E-state index in [2.05, 4.69) is 55.5 Å². The summed E-state index contributed by atoms with van der Waals surface area (Å²) in [5.74, 6) is 1.22. The minimum atomic E-state index is 0.351. The fourth-order valence-electron chi connectivity index (χ4n) is 3.44. The highest BCUT2D eigenvalue weighted by Crippen LogP contribution is 2.31. The highest BCUT2D eigenvalue weighted by Gasteiger charge is 2.27. The molecule has 1 aromatic carbocycles. The molecular formula is C20H22N6. The van der Waals surface area contributed by atoms with Crippen LogP contribution in [0.3, 0.4) is 0 Å². The van der Waals surface area contributed by atoms with Crippen molar-refractivity contribution >= 4 is 11.8 Å². The lowest BCUT2D eigenvalue weighted by Gasteiger charge is -2.24. The molecule has 0 unspecified atom stereocenters. The molecule has 1 aliphatic rings. The second kappa shape index (κ2) is 8.01. The molecule has 6 heteroatoms. The Morgan fingerprint density at radius 2 is 1.96 bits per heavy atom. The molecule has 0 bridgehead atoms. The lowest BCUT2D eigenvalue weighted by atomic mass is 10.1. The molecule has 0 radical (unpaired) electrons. The molecule has 26 heavy (non-hydrogen) atoms. The third kappa shape index (κ3) is 4.03. The summed E-state index contributed by atoms with van der Waals surface area (Å²) in [5, 5.41) is 3.13. The second-order valence-electron chi connectivity index (χ2n) is 6.45. The fourth-order valence-corrected chi connectivity index (χ4v) is 3.44. The van der Waals surface area contributed by atoms with Gasteiger partial charge in [0.1, 0.15) is 0 Å². The quantitative estimate of drug-likeness (QED) is 0.738. The van der Waals surface area contributed by atoms with E-state index in [9.17, 15) is 0 Å². The van der Waals surface area contributed by atoms with Crippen LogP contribution in [0.15, 0.2) is 61.2 Å². The van der Waals surface area contributed by atoms with Gasteiger partial charge in [0.15, 0.2) is 5.82 Å². The van der Waals surface area contributed by atoms with Gasteiger partial charge in [-0.1, -0.05) is 30.3 Å². The maximum atomic E-state index is 4.72. The Morgan fingerprint density at radius 3 is 2.81 bits per heavy atom. The van der Waals surface area contributed by atoms with E-state index in [-0.39, 0.29) is 0 Å². The van der Waals surface area contributed by atoms with E-state index in [0.29, 0.717) is 17.8 Å². The minimum Gasteiger partial charge on any atom is -0.307 e. The average molecular weight is 346 g/mol. The van der Waals surface area contributed by atoms with Crippen LogP contribution in [0.25, 0.3) is 0 Å². The van der Waals surface area contributed by atoms with Gasteiger partial charge < -0.3 is 5.32 Å². The molecule has 132 valence electrons. The zero-order chi connectivity index (χ0) is 17.6. The Bertz CT molecular complexity index is 824. The van der Waals surface area contributed by atoms with Crippen LogP contribution < -0.4 is 5.32 Å². The molecule has 3 heterocycles. The topological polar surface area (TPSA) is 66.8 Å².